The number of nitrogens with zero attached hydrogens (tertiary/aromatic N) is 1. The molecule has 7 rings (SSSR count). The van der Waals surface area contributed by atoms with Crippen molar-refractivity contribution in [1.82, 2.24) is 4.98 Å². The molecule has 11 nitrogen and oxygen atoms in total. The maximum atomic E-state index is 17.4. The molecule has 0 spiro atoms. The molecule has 0 radical (unpaired) electrons. The number of carbonyl (C=O) groups excluding carboxylic acids is 5. The Balaban J connectivity index is 0.890. The SMILES string of the molecule is C[C@@H]1C[C@H]2[C@@H]3CCC4=CC(=O)C=C[C@]4(C)[C@@]3(F)[C@@H](O)C[C@]2(C)[C@@]1(O)C(=O)COC(=O)CCC(=O)OCc1ccc(C(CN)C(=O)Cc2ccc3cnccc3c2)cc1. The maximum Gasteiger partial charge on any atom is 0.306 e. The van der Waals surface area contributed by atoms with E-state index in [-0.39, 0.29) is 50.4 Å². The van der Waals surface area contributed by atoms with Crippen molar-refractivity contribution in [2.75, 3.05) is 13.2 Å². The Labute approximate surface area is 336 Å². The van der Waals surface area contributed by atoms with Crippen LogP contribution in [0.3, 0.4) is 0 Å². The highest BCUT2D eigenvalue weighted by Crippen LogP contribution is 2.70. The number of rotatable bonds is 13. The maximum absolute atomic E-state index is 17.4. The van der Waals surface area contributed by atoms with Crippen LogP contribution in [0.2, 0.25) is 0 Å². The third-order valence-electron chi connectivity index (χ3n) is 14.0. The van der Waals surface area contributed by atoms with Crippen molar-refractivity contribution in [2.45, 2.75) is 95.6 Å². The van der Waals surface area contributed by atoms with Gasteiger partial charge in [0.05, 0.1) is 24.9 Å². The van der Waals surface area contributed by atoms with Crippen LogP contribution in [0.25, 0.3) is 10.8 Å². The number of aliphatic hydroxyl groups excluding tert-OH is 1. The summed E-state index contributed by atoms with van der Waals surface area (Å²) in [6.07, 6.45) is 6.82. The van der Waals surface area contributed by atoms with Crippen LogP contribution < -0.4 is 5.73 Å². The van der Waals surface area contributed by atoms with Crippen LogP contribution in [0.5, 0.6) is 0 Å². The van der Waals surface area contributed by atoms with Gasteiger partial charge in [-0.05, 0) is 84.7 Å². The predicted octanol–water partition coefficient (Wildman–Crippen LogP) is 5.37. The van der Waals surface area contributed by atoms with E-state index in [0.29, 0.717) is 30.4 Å². The minimum absolute atomic E-state index is 0.0164. The number of hydrogen-bond donors (Lipinski definition) is 3. The van der Waals surface area contributed by atoms with Crippen molar-refractivity contribution in [2.24, 2.45) is 34.3 Å². The highest BCUT2D eigenvalue weighted by molar-refractivity contribution is 6.01. The lowest BCUT2D eigenvalue weighted by molar-refractivity contribution is -0.220. The number of alkyl halides is 1. The Hall–Kier alpha value is -4.91. The quantitative estimate of drug-likeness (QED) is 0.189. The van der Waals surface area contributed by atoms with Crippen LogP contribution in [-0.2, 0) is 46.5 Å². The van der Waals surface area contributed by atoms with Gasteiger partial charge in [0.25, 0.3) is 0 Å². The standard InChI is InChI=1S/C46H51FN2O9/c1-27-18-37-36-11-10-33-21-34(50)14-16-43(33,2)45(36,47)39(52)22-44(37,3)46(27,56)40(53)26-58-42(55)13-12-41(54)57-25-28-4-7-30(8-5-28)35(23-48)38(51)20-29-6-9-32-24-49-17-15-31(32)19-29/h4-9,14-17,19,21,24,27,35-37,39,52,56H,10-13,18,20,22-23,25-26,48H2,1-3H3/t27-,35?,36+,37+,39+,43+,44+,45+,46+/m1/s1. The number of pyridine rings is 1. The van der Waals surface area contributed by atoms with E-state index < -0.39 is 76.2 Å². The molecule has 12 heteroatoms. The second kappa shape index (κ2) is 15.7. The van der Waals surface area contributed by atoms with Crippen molar-refractivity contribution in [3.8, 4) is 0 Å². The normalized spacial score (nSPS) is 31.7. The van der Waals surface area contributed by atoms with Gasteiger partial charge in [-0.15, -0.1) is 0 Å². The van der Waals surface area contributed by atoms with Gasteiger partial charge in [-0.25, -0.2) is 4.39 Å². The number of benzene rings is 2. The predicted molar refractivity (Wildman–Crippen MR) is 212 cm³/mol. The first-order chi connectivity index (χ1) is 27.5. The van der Waals surface area contributed by atoms with Crippen molar-refractivity contribution in [3.63, 3.8) is 0 Å². The smallest absolute Gasteiger partial charge is 0.306 e. The Bertz CT molecular complexity index is 2200. The lowest BCUT2D eigenvalue weighted by Gasteiger charge is -2.62. The van der Waals surface area contributed by atoms with Gasteiger partial charge in [-0.1, -0.05) is 68.0 Å². The molecule has 0 aliphatic heterocycles. The fourth-order valence-corrected chi connectivity index (χ4v) is 10.8. The molecule has 0 saturated heterocycles. The van der Waals surface area contributed by atoms with E-state index in [4.69, 9.17) is 15.2 Å². The number of allylic oxidation sites excluding steroid dienone is 4. The third kappa shape index (κ3) is 6.92. The molecule has 0 bridgehead atoms. The molecule has 306 valence electrons. The number of aliphatic hydroxyl groups is 2. The van der Waals surface area contributed by atoms with Gasteiger partial charge in [-0.3, -0.25) is 29.0 Å². The van der Waals surface area contributed by atoms with Crippen LogP contribution >= 0.6 is 0 Å². The number of ketones is 3. The van der Waals surface area contributed by atoms with Crippen molar-refractivity contribution in [1.29, 1.82) is 0 Å². The Morgan fingerprint density at radius 3 is 2.41 bits per heavy atom. The van der Waals surface area contributed by atoms with Gasteiger partial charge in [-0.2, -0.15) is 0 Å². The number of Topliss-reactive ketones (excluding diaryl/α,β-unsaturated/α-hetero) is 2. The van der Waals surface area contributed by atoms with Crippen LogP contribution in [0.15, 0.2) is 84.7 Å². The van der Waals surface area contributed by atoms with Gasteiger partial charge < -0.3 is 25.4 Å². The minimum atomic E-state index is -2.11. The van der Waals surface area contributed by atoms with E-state index in [2.05, 4.69) is 4.98 Å². The van der Waals surface area contributed by atoms with Crippen LogP contribution in [-0.4, -0.2) is 75.0 Å². The molecule has 0 amide bonds. The Morgan fingerprint density at radius 1 is 0.983 bits per heavy atom. The summed E-state index contributed by atoms with van der Waals surface area (Å²) < 4.78 is 28.1. The summed E-state index contributed by atoms with van der Waals surface area (Å²) in [6.45, 7) is 4.46. The molecule has 4 N–H and O–H groups in total. The Morgan fingerprint density at radius 2 is 1.69 bits per heavy atom. The first-order valence-corrected chi connectivity index (χ1v) is 20.1. The minimum Gasteiger partial charge on any atom is -0.461 e. The molecular formula is C46H51FN2O9. The van der Waals surface area contributed by atoms with Gasteiger partial charge in [0.15, 0.2) is 18.1 Å². The number of nitrogens with two attached hydrogens (primary N) is 1. The molecule has 2 aromatic carbocycles. The number of fused-ring (bicyclic) bond motifs is 6. The molecule has 1 heterocycles. The second-order valence-corrected chi connectivity index (χ2v) is 17.1. The third-order valence-corrected chi connectivity index (χ3v) is 14.0. The van der Waals surface area contributed by atoms with Crippen LogP contribution in [0, 0.1) is 28.6 Å². The monoisotopic (exact) mass is 794 g/mol. The van der Waals surface area contributed by atoms with E-state index in [1.54, 1.807) is 63.5 Å². The van der Waals surface area contributed by atoms with Gasteiger partial charge >= 0.3 is 11.9 Å². The molecule has 1 unspecified atom stereocenters. The largest absolute Gasteiger partial charge is 0.461 e. The average molecular weight is 795 g/mol. The van der Waals surface area contributed by atoms with Crippen molar-refractivity contribution in [3.05, 3.63) is 101 Å². The fraction of sp³-hybridized carbons (Fsp3) is 0.478. The summed E-state index contributed by atoms with van der Waals surface area (Å²) in [5, 5.41) is 25.7. The molecular weight excluding hydrogens is 744 g/mol. The van der Waals surface area contributed by atoms with E-state index >= 15 is 4.39 Å². The zero-order valence-corrected chi connectivity index (χ0v) is 33.1. The summed E-state index contributed by atoms with van der Waals surface area (Å²) in [5.74, 6) is -4.72. The molecule has 3 fully saturated rings. The zero-order chi connectivity index (χ0) is 41.6. The lowest BCUT2D eigenvalue weighted by atomic mass is 9.44. The number of hydrogen-bond acceptors (Lipinski definition) is 11. The number of halogens is 1. The average Bonchev–Trinajstić information content (AvgIpc) is 3.41. The summed E-state index contributed by atoms with van der Waals surface area (Å²) in [5.41, 5.74) is 2.44. The second-order valence-electron chi connectivity index (χ2n) is 17.1. The Kier molecular flexibility index (Phi) is 11.2. The summed E-state index contributed by atoms with van der Waals surface area (Å²) in [4.78, 5) is 68.5. The van der Waals surface area contributed by atoms with E-state index in [1.807, 2.05) is 24.3 Å². The van der Waals surface area contributed by atoms with Crippen LogP contribution in [0.4, 0.5) is 4.39 Å². The number of aromatic nitrogens is 1. The van der Waals surface area contributed by atoms with Crippen molar-refractivity contribution < 1.29 is 48.0 Å². The van der Waals surface area contributed by atoms with Gasteiger partial charge in [0.1, 0.15) is 18.0 Å². The van der Waals surface area contributed by atoms with Gasteiger partial charge in [0.2, 0.25) is 5.78 Å². The number of ether oxygens (including phenoxy) is 2. The highest BCUT2D eigenvalue weighted by Gasteiger charge is 2.75. The topological polar surface area (TPSA) is 183 Å². The van der Waals surface area contributed by atoms with Crippen molar-refractivity contribution >= 4 is 40.1 Å². The molecule has 4 aliphatic carbocycles. The summed E-state index contributed by atoms with van der Waals surface area (Å²) in [6, 6.07) is 14.8. The van der Waals surface area contributed by atoms with Crippen LogP contribution in [0.1, 0.15) is 81.9 Å². The number of esters is 2. The highest BCUT2D eigenvalue weighted by atomic mass is 19.1. The molecule has 3 saturated carbocycles. The summed E-state index contributed by atoms with van der Waals surface area (Å²) in [7, 11) is 0. The molecule has 4 aliphatic rings. The molecule has 1 aromatic heterocycles. The van der Waals surface area contributed by atoms with Gasteiger partial charge in [0, 0.05) is 47.5 Å². The molecule has 3 aromatic rings. The fourth-order valence-electron chi connectivity index (χ4n) is 10.8. The van der Waals surface area contributed by atoms with E-state index in [9.17, 15) is 34.2 Å². The lowest BCUT2D eigenvalue weighted by Crippen LogP contribution is -2.69. The first kappa shape index (κ1) is 41.3. The first-order valence-electron chi connectivity index (χ1n) is 20.1. The van der Waals surface area contributed by atoms with E-state index in [1.165, 1.54) is 12.2 Å². The summed E-state index contributed by atoms with van der Waals surface area (Å²) >= 11 is 0. The molecule has 9 atom stereocenters. The van der Waals surface area contributed by atoms with E-state index in [0.717, 1.165) is 21.9 Å². The number of carbonyl (C=O) groups is 5. The molecule has 58 heavy (non-hydrogen) atoms. The zero-order valence-electron chi connectivity index (χ0n) is 33.1.